The van der Waals surface area contributed by atoms with E-state index >= 15 is 0 Å². The summed E-state index contributed by atoms with van der Waals surface area (Å²) in [5.41, 5.74) is 4.52. The SMILES string of the molecule is COc1ccc(C(C)C)cc1-c1cnc2ncn([C@@H](C)C(C)C)c2n1. The summed E-state index contributed by atoms with van der Waals surface area (Å²) in [5, 5.41) is 0. The summed E-state index contributed by atoms with van der Waals surface area (Å²) in [5.74, 6) is 1.73. The van der Waals surface area contributed by atoms with Gasteiger partial charge in [0.05, 0.1) is 25.3 Å². The van der Waals surface area contributed by atoms with Gasteiger partial charge < -0.3 is 9.30 Å². The number of hydrogen-bond acceptors (Lipinski definition) is 4. The molecule has 0 amide bonds. The first-order valence-corrected chi connectivity index (χ1v) is 8.80. The minimum Gasteiger partial charge on any atom is -0.496 e. The third kappa shape index (κ3) is 3.23. The van der Waals surface area contributed by atoms with Crippen LogP contribution in [-0.4, -0.2) is 26.6 Å². The van der Waals surface area contributed by atoms with Gasteiger partial charge in [-0.05, 0) is 36.5 Å². The predicted octanol–water partition coefficient (Wildman–Crippen LogP) is 4.84. The van der Waals surface area contributed by atoms with Crippen LogP contribution in [0.1, 0.15) is 52.1 Å². The van der Waals surface area contributed by atoms with Crippen molar-refractivity contribution >= 4 is 11.3 Å². The summed E-state index contributed by atoms with van der Waals surface area (Å²) in [4.78, 5) is 13.8. The van der Waals surface area contributed by atoms with Crippen LogP contribution >= 0.6 is 0 Å². The number of hydrogen-bond donors (Lipinski definition) is 0. The Bertz CT molecular complexity index is 883. The quantitative estimate of drug-likeness (QED) is 0.668. The zero-order chi connectivity index (χ0) is 18.1. The zero-order valence-corrected chi connectivity index (χ0v) is 15.8. The molecule has 132 valence electrons. The van der Waals surface area contributed by atoms with Crippen molar-refractivity contribution in [2.24, 2.45) is 5.92 Å². The Morgan fingerprint density at radius 2 is 1.80 bits per heavy atom. The second-order valence-electron chi connectivity index (χ2n) is 7.15. The molecule has 0 radical (unpaired) electrons. The average molecular weight is 338 g/mol. The van der Waals surface area contributed by atoms with E-state index in [1.165, 1.54) is 5.56 Å². The molecular weight excluding hydrogens is 312 g/mol. The molecule has 0 saturated heterocycles. The van der Waals surface area contributed by atoms with E-state index in [2.05, 4.69) is 61.3 Å². The Labute approximate surface area is 149 Å². The fourth-order valence-electron chi connectivity index (χ4n) is 2.84. The monoisotopic (exact) mass is 338 g/mol. The molecule has 0 spiro atoms. The maximum atomic E-state index is 5.55. The third-order valence-corrected chi connectivity index (χ3v) is 4.85. The minimum atomic E-state index is 0.304. The fourth-order valence-corrected chi connectivity index (χ4v) is 2.84. The van der Waals surface area contributed by atoms with E-state index < -0.39 is 0 Å². The molecular formula is C20H26N4O. The van der Waals surface area contributed by atoms with Gasteiger partial charge in [0.1, 0.15) is 5.75 Å². The van der Waals surface area contributed by atoms with Crippen molar-refractivity contribution in [3.05, 3.63) is 36.3 Å². The van der Waals surface area contributed by atoms with E-state index in [9.17, 15) is 0 Å². The van der Waals surface area contributed by atoms with Gasteiger partial charge in [-0.15, -0.1) is 0 Å². The van der Waals surface area contributed by atoms with E-state index in [0.717, 1.165) is 22.7 Å². The van der Waals surface area contributed by atoms with Gasteiger partial charge >= 0.3 is 0 Å². The standard InChI is InChI=1S/C20H26N4O/c1-12(2)14(5)24-11-22-19-20(24)23-17(10-21-19)16-9-15(13(3)4)7-8-18(16)25-6/h7-14H,1-6H3/t14-/m0/s1. The number of rotatable bonds is 5. The van der Waals surface area contributed by atoms with Gasteiger partial charge in [-0.2, -0.15) is 0 Å². The first-order chi connectivity index (χ1) is 11.9. The molecule has 5 nitrogen and oxygen atoms in total. The molecule has 25 heavy (non-hydrogen) atoms. The van der Waals surface area contributed by atoms with E-state index in [4.69, 9.17) is 9.72 Å². The van der Waals surface area contributed by atoms with Crippen molar-refractivity contribution < 1.29 is 4.74 Å². The first kappa shape index (κ1) is 17.4. The molecule has 0 fully saturated rings. The van der Waals surface area contributed by atoms with Crippen LogP contribution in [-0.2, 0) is 0 Å². The lowest BCUT2D eigenvalue weighted by Crippen LogP contribution is -2.11. The third-order valence-electron chi connectivity index (χ3n) is 4.85. The Hall–Kier alpha value is -2.43. The molecule has 0 N–H and O–H groups in total. The van der Waals surface area contributed by atoms with Gasteiger partial charge in [0.25, 0.3) is 0 Å². The highest BCUT2D eigenvalue weighted by molar-refractivity contribution is 5.74. The molecule has 2 aromatic heterocycles. The highest BCUT2D eigenvalue weighted by Gasteiger charge is 2.17. The van der Waals surface area contributed by atoms with Crippen molar-refractivity contribution in [2.45, 2.75) is 46.6 Å². The summed E-state index contributed by atoms with van der Waals surface area (Å²) in [7, 11) is 1.69. The van der Waals surface area contributed by atoms with Gasteiger partial charge in [-0.1, -0.05) is 33.8 Å². The van der Waals surface area contributed by atoms with Crippen LogP contribution in [0.4, 0.5) is 0 Å². The maximum Gasteiger partial charge on any atom is 0.197 e. The van der Waals surface area contributed by atoms with E-state index in [1.807, 2.05) is 12.4 Å². The minimum absolute atomic E-state index is 0.304. The van der Waals surface area contributed by atoms with Crippen molar-refractivity contribution in [1.82, 2.24) is 19.5 Å². The molecule has 0 unspecified atom stereocenters. The number of aromatic nitrogens is 4. The smallest absolute Gasteiger partial charge is 0.197 e. The molecule has 2 heterocycles. The van der Waals surface area contributed by atoms with Gasteiger partial charge in [-0.3, -0.25) is 0 Å². The highest BCUT2D eigenvalue weighted by atomic mass is 16.5. The number of imidazole rings is 1. The number of fused-ring (bicyclic) bond motifs is 1. The highest BCUT2D eigenvalue weighted by Crippen LogP contribution is 2.32. The van der Waals surface area contributed by atoms with E-state index in [-0.39, 0.29) is 0 Å². The molecule has 0 saturated carbocycles. The van der Waals surface area contributed by atoms with Crippen LogP contribution in [0, 0.1) is 5.92 Å². The van der Waals surface area contributed by atoms with Gasteiger partial charge in [0.15, 0.2) is 11.3 Å². The van der Waals surface area contributed by atoms with Crippen LogP contribution in [0.15, 0.2) is 30.7 Å². The fraction of sp³-hybridized carbons (Fsp3) is 0.450. The molecule has 0 bridgehead atoms. The second-order valence-corrected chi connectivity index (χ2v) is 7.15. The summed E-state index contributed by atoms with van der Waals surface area (Å²) in [6, 6.07) is 6.55. The Morgan fingerprint density at radius 3 is 2.44 bits per heavy atom. The van der Waals surface area contributed by atoms with Crippen LogP contribution in [0.3, 0.4) is 0 Å². The molecule has 0 aliphatic rings. The van der Waals surface area contributed by atoms with Crippen LogP contribution in [0.25, 0.3) is 22.6 Å². The maximum absolute atomic E-state index is 5.55. The lowest BCUT2D eigenvalue weighted by atomic mass is 9.99. The first-order valence-electron chi connectivity index (χ1n) is 8.80. The Morgan fingerprint density at radius 1 is 1.04 bits per heavy atom. The second kappa shape index (κ2) is 6.82. The average Bonchev–Trinajstić information content (AvgIpc) is 3.03. The van der Waals surface area contributed by atoms with Crippen LogP contribution < -0.4 is 4.74 Å². The lowest BCUT2D eigenvalue weighted by molar-refractivity contribution is 0.414. The largest absolute Gasteiger partial charge is 0.496 e. The molecule has 0 aliphatic carbocycles. The lowest BCUT2D eigenvalue weighted by Gasteiger charge is -2.18. The van der Waals surface area contributed by atoms with E-state index in [0.29, 0.717) is 23.5 Å². The molecule has 1 aromatic carbocycles. The zero-order valence-electron chi connectivity index (χ0n) is 15.8. The Kier molecular flexibility index (Phi) is 4.75. The van der Waals surface area contributed by atoms with Crippen molar-refractivity contribution in [1.29, 1.82) is 0 Å². The number of ether oxygens (including phenoxy) is 1. The molecule has 3 aromatic rings. The summed E-state index contributed by atoms with van der Waals surface area (Å²) in [6.07, 6.45) is 3.61. The van der Waals surface area contributed by atoms with Crippen LogP contribution in [0.2, 0.25) is 0 Å². The normalized spacial score (nSPS) is 13.0. The van der Waals surface area contributed by atoms with E-state index in [1.54, 1.807) is 13.3 Å². The molecule has 0 aliphatic heterocycles. The summed E-state index contributed by atoms with van der Waals surface area (Å²) in [6.45, 7) is 10.9. The summed E-state index contributed by atoms with van der Waals surface area (Å²) < 4.78 is 7.66. The molecule has 5 heteroatoms. The predicted molar refractivity (Wildman–Crippen MR) is 101 cm³/mol. The van der Waals surface area contributed by atoms with Crippen molar-refractivity contribution in [3.63, 3.8) is 0 Å². The number of methoxy groups -OCH3 is 1. The van der Waals surface area contributed by atoms with Crippen molar-refractivity contribution in [2.75, 3.05) is 7.11 Å². The number of benzene rings is 1. The topological polar surface area (TPSA) is 52.8 Å². The number of nitrogens with zero attached hydrogens (tertiary/aromatic N) is 4. The van der Waals surface area contributed by atoms with Crippen molar-refractivity contribution in [3.8, 4) is 17.0 Å². The van der Waals surface area contributed by atoms with Gasteiger partial charge in [0.2, 0.25) is 0 Å². The van der Waals surface area contributed by atoms with Gasteiger partial charge in [-0.25, -0.2) is 15.0 Å². The Balaban J connectivity index is 2.16. The van der Waals surface area contributed by atoms with Gasteiger partial charge in [0, 0.05) is 11.6 Å². The summed E-state index contributed by atoms with van der Waals surface area (Å²) >= 11 is 0. The molecule has 1 atom stereocenters. The van der Waals surface area contributed by atoms with Crippen LogP contribution in [0.5, 0.6) is 5.75 Å². The molecule has 3 rings (SSSR count).